The van der Waals surface area contributed by atoms with Crippen LogP contribution in [0.1, 0.15) is 19.4 Å². The molecule has 1 aromatic heterocycles. The summed E-state index contributed by atoms with van der Waals surface area (Å²) in [7, 11) is 0. The molecule has 0 saturated carbocycles. The number of carbonyl (C=O) groups excluding carboxylic acids is 1. The van der Waals surface area contributed by atoms with Crippen LogP contribution in [0.2, 0.25) is 0 Å². The fourth-order valence-corrected chi connectivity index (χ4v) is 3.84. The molecule has 10 heteroatoms. The number of hydrogen-bond acceptors (Lipinski definition) is 7. The predicted octanol–water partition coefficient (Wildman–Crippen LogP) is 4.63. The molecule has 0 aliphatic rings. The number of nitrogens with one attached hydrogen (secondary N) is 1. The van der Waals surface area contributed by atoms with Crippen molar-refractivity contribution in [2.24, 2.45) is 5.10 Å². The molecule has 172 valence electrons. The third-order valence-electron chi connectivity index (χ3n) is 4.27. The second-order valence-corrected chi connectivity index (χ2v) is 8.96. The number of allylic oxidation sites excluding steroid dienone is 1. The van der Waals surface area contributed by atoms with E-state index in [2.05, 4.69) is 43.2 Å². The molecule has 0 spiro atoms. The van der Waals surface area contributed by atoms with Crippen molar-refractivity contribution < 1.29 is 14.6 Å². The summed E-state index contributed by atoms with van der Waals surface area (Å²) in [6, 6.07) is 12.6. The molecule has 0 radical (unpaired) electrons. The van der Waals surface area contributed by atoms with E-state index in [1.807, 2.05) is 42.7 Å². The van der Waals surface area contributed by atoms with Gasteiger partial charge in [-0.2, -0.15) is 5.10 Å². The van der Waals surface area contributed by atoms with Crippen molar-refractivity contribution >= 4 is 39.8 Å². The lowest BCUT2D eigenvalue weighted by Gasteiger charge is -2.10. The Balaban J connectivity index is 1.64. The number of thioether (sulfide) groups is 1. The highest BCUT2D eigenvalue weighted by Crippen LogP contribution is 2.27. The second kappa shape index (κ2) is 11.7. The fourth-order valence-electron chi connectivity index (χ4n) is 2.84. The van der Waals surface area contributed by atoms with Gasteiger partial charge in [-0.3, -0.25) is 9.36 Å². The monoisotopic (exact) mass is 529 g/mol. The summed E-state index contributed by atoms with van der Waals surface area (Å²) in [6.07, 6.45) is 1.49. The lowest BCUT2D eigenvalue weighted by molar-refractivity contribution is -0.118. The Morgan fingerprint density at radius 2 is 2.06 bits per heavy atom. The molecule has 3 aromatic rings. The Morgan fingerprint density at radius 1 is 1.30 bits per heavy atom. The standard InChI is InChI=1S/C23H24BrN5O3S/c1-4-32-20-11-16(5-10-19(20)30)12-25-26-21(31)14-33-23-28-27-22(29(23)13-15(2)3)17-6-8-18(24)9-7-17/h5-12,30H,2,4,13-14H2,1,3H3,(H,26,31)/b25-12-. The van der Waals surface area contributed by atoms with Gasteiger partial charge >= 0.3 is 0 Å². The van der Waals surface area contributed by atoms with Gasteiger partial charge in [-0.25, -0.2) is 5.43 Å². The van der Waals surface area contributed by atoms with Gasteiger partial charge in [-0.1, -0.05) is 52.0 Å². The van der Waals surface area contributed by atoms with Crippen LogP contribution in [0.5, 0.6) is 11.5 Å². The number of ether oxygens (including phenoxy) is 1. The number of rotatable bonds is 10. The normalized spacial score (nSPS) is 11.0. The number of carbonyl (C=O) groups is 1. The molecule has 3 rings (SSSR count). The molecule has 8 nitrogen and oxygen atoms in total. The Morgan fingerprint density at radius 3 is 2.76 bits per heavy atom. The molecule has 2 N–H and O–H groups in total. The SMILES string of the molecule is C=C(C)Cn1c(SCC(=O)N/N=C\c2ccc(O)c(OCC)c2)nnc1-c1ccc(Br)cc1. The van der Waals surface area contributed by atoms with Gasteiger partial charge in [-0.15, -0.1) is 10.2 Å². The molecular formula is C23H24BrN5O3S. The summed E-state index contributed by atoms with van der Waals surface area (Å²) in [5.74, 6) is 0.961. The minimum Gasteiger partial charge on any atom is -0.504 e. The molecule has 1 amide bonds. The van der Waals surface area contributed by atoms with Gasteiger partial charge in [0, 0.05) is 16.6 Å². The number of nitrogens with zero attached hydrogens (tertiary/aromatic N) is 4. The minimum atomic E-state index is -0.282. The molecule has 33 heavy (non-hydrogen) atoms. The third kappa shape index (κ3) is 6.93. The molecule has 0 saturated heterocycles. The zero-order valence-electron chi connectivity index (χ0n) is 18.3. The topological polar surface area (TPSA) is 102 Å². The van der Waals surface area contributed by atoms with Gasteiger partial charge in [0.15, 0.2) is 22.5 Å². The summed E-state index contributed by atoms with van der Waals surface area (Å²) in [6.45, 7) is 8.73. The largest absolute Gasteiger partial charge is 0.504 e. The first-order valence-corrected chi connectivity index (χ1v) is 11.9. The van der Waals surface area contributed by atoms with Crippen molar-refractivity contribution in [3.05, 3.63) is 64.7 Å². The number of aromatic nitrogens is 3. The predicted molar refractivity (Wildman–Crippen MR) is 134 cm³/mol. The molecule has 0 bridgehead atoms. The number of hydrogen-bond donors (Lipinski definition) is 2. The van der Waals surface area contributed by atoms with Gasteiger partial charge in [0.1, 0.15) is 0 Å². The van der Waals surface area contributed by atoms with Crippen LogP contribution in [-0.4, -0.2) is 44.4 Å². The maximum atomic E-state index is 12.3. The average molecular weight is 530 g/mol. The second-order valence-electron chi connectivity index (χ2n) is 7.10. The van der Waals surface area contributed by atoms with E-state index in [0.29, 0.717) is 35.4 Å². The summed E-state index contributed by atoms with van der Waals surface area (Å²) < 4.78 is 8.26. The summed E-state index contributed by atoms with van der Waals surface area (Å²) in [5, 5.41) is 23.0. The molecule has 2 aromatic carbocycles. The van der Waals surface area contributed by atoms with Gasteiger partial charge in [0.05, 0.1) is 18.6 Å². The smallest absolute Gasteiger partial charge is 0.250 e. The first-order valence-electron chi connectivity index (χ1n) is 10.1. The lowest BCUT2D eigenvalue weighted by atomic mass is 10.2. The van der Waals surface area contributed by atoms with Crippen LogP contribution in [-0.2, 0) is 11.3 Å². The Labute approximate surface area is 204 Å². The van der Waals surface area contributed by atoms with E-state index in [1.165, 1.54) is 24.0 Å². The van der Waals surface area contributed by atoms with Crippen LogP contribution in [0.25, 0.3) is 11.4 Å². The number of hydrazone groups is 1. The quantitative estimate of drug-likeness (QED) is 0.172. The third-order valence-corrected chi connectivity index (χ3v) is 5.76. The first kappa shape index (κ1) is 24.5. The highest BCUT2D eigenvalue weighted by molar-refractivity contribution is 9.10. The van der Waals surface area contributed by atoms with E-state index >= 15 is 0 Å². The van der Waals surface area contributed by atoms with Crippen LogP contribution in [0.3, 0.4) is 0 Å². The molecule has 0 fully saturated rings. The van der Waals surface area contributed by atoms with Gasteiger partial charge in [-0.05, 0) is 49.7 Å². The van der Waals surface area contributed by atoms with E-state index in [0.717, 1.165) is 15.6 Å². The van der Waals surface area contributed by atoms with Gasteiger partial charge in [0.25, 0.3) is 5.91 Å². The first-order chi connectivity index (χ1) is 15.9. The molecule has 0 unspecified atom stereocenters. The van der Waals surface area contributed by atoms with Crippen molar-refractivity contribution in [3.63, 3.8) is 0 Å². The van der Waals surface area contributed by atoms with Crippen molar-refractivity contribution in [3.8, 4) is 22.9 Å². The van der Waals surface area contributed by atoms with Crippen LogP contribution in [0, 0.1) is 0 Å². The molecular weight excluding hydrogens is 506 g/mol. The van der Waals surface area contributed by atoms with E-state index in [1.54, 1.807) is 12.1 Å². The summed E-state index contributed by atoms with van der Waals surface area (Å²) >= 11 is 4.71. The number of phenolic OH excluding ortho intramolecular Hbond substituents is 1. The Bertz CT molecular complexity index is 1160. The van der Waals surface area contributed by atoms with Crippen LogP contribution >= 0.6 is 27.7 Å². The maximum Gasteiger partial charge on any atom is 0.250 e. The molecule has 1 heterocycles. The van der Waals surface area contributed by atoms with E-state index in [-0.39, 0.29) is 17.4 Å². The van der Waals surface area contributed by atoms with Crippen LogP contribution in [0.4, 0.5) is 0 Å². The van der Waals surface area contributed by atoms with E-state index < -0.39 is 0 Å². The highest BCUT2D eigenvalue weighted by Gasteiger charge is 2.16. The maximum absolute atomic E-state index is 12.3. The number of phenols is 1. The summed E-state index contributed by atoms with van der Waals surface area (Å²) in [4.78, 5) is 12.3. The number of halogens is 1. The Hall–Kier alpha value is -3.11. The number of amides is 1. The van der Waals surface area contributed by atoms with Crippen LogP contribution in [0.15, 0.2) is 69.3 Å². The summed E-state index contributed by atoms with van der Waals surface area (Å²) in [5.41, 5.74) is 5.06. The van der Waals surface area contributed by atoms with Crippen molar-refractivity contribution in [1.29, 1.82) is 0 Å². The average Bonchev–Trinajstić information content (AvgIpc) is 3.17. The van der Waals surface area contributed by atoms with Crippen molar-refractivity contribution in [2.75, 3.05) is 12.4 Å². The highest BCUT2D eigenvalue weighted by atomic mass is 79.9. The van der Waals surface area contributed by atoms with Crippen molar-refractivity contribution in [1.82, 2.24) is 20.2 Å². The number of benzene rings is 2. The van der Waals surface area contributed by atoms with Crippen LogP contribution < -0.4 is 10.2 Å². The zero-order chi connectivity index (χ0) is 23.8. The van der Waals surface area contributed by atoms with Gasteiger partial charge in [0.2, 0.25) is 0 Å². The van der Waals surface area contributed by atoms with E-state index in [9.17, 15) is 9.90 Å². The molecule has 0 aliphatic carbocycles. The lowest BCUT2D eigenvalue weighted by Crippen LogP contribution is -2.20. The molecule has 0 aliphatic heterocycles. The number of aromatic hydroxyl groups is 1. The van der Waals surface area contributed by atoms with Gasteiger partial charge < -0.3 is 9.84 Å². The van der Waals surface area contributed by atoms with E-state index in [4.69, 9.17) is 4.74 Å². The fraction of sp³-hybridized carbons (Fsp3) is 0.217. The van der Waals surface area contributed by atoms with Crippen molar-refractivity contribution in [2.45, 2.75) is 25.5 Å². The zero-order valence-corrected chi connectivity index (χ0v) is 20.7. The minimum absolute atomic E-state index is 0.0517. The Kier molecular flexibility index (Phi) is 8.67. The molecule has 0 atom stereocenters.